The molecule has 4 heteroatoms. The SMILES string of the molecule is COc1ccc(CN2CC(C)CCC2C)cc1C(=O)O. The van der Waals surface area contributed by atoms with Crippen molar-refractivity contribution in [1.82, 2.24) is 4.90 Å². The van der Waals surface area contributed by atoms with Gasteiger partial charge in [-0.2, -0.15) is 0 Å². The van der Waals surface area contributed by atoms with E-state index in [9.17, 15) is 9.90 Å². The Morgan fingerprint density at radius 1 is 1.40 bits per heavy atom. The number of carboxylic acid groups (broad SMARTS) is 1. The Labute approximate surface area is 120 Å². The lowest BCUT2D eigenvalue weighted by atomic mass is 9.94. The molecule has 1 N–H and O–H groups in total. The number of rotatable bonds is 4. The van der Waals surface area contributed by atoms with Crippen molar-refractivity contribution in [3.05, 3.63) is 29.3 Å². The molecule has 1 aromatic rings. The highest BCUT2D eigenvalue weighted by Gasteiger charge is 2.23. The molecule has 1 aliphatic heterocycles. The van der Waals surface area contributed by atoms with Crippen molar-refractivity contribution in [2.75, 3.05) is 13.7 Å². The summed E-state index contributed by atoms with van der Waals surface area (Å²) in [4.78, 5) is 13.7. The van der Waals surface area contributed by atoms with E-state index in [-0.39, 0.29) is 5.56 Å². The van der Waals surface area contributed by atoms with E-state index in [0.29, 0.717) is 17.7 Å². The molecule has 110 valence electrons. The Morgan fingerprint density at radius 2 is 2.15 bits per heavy atom. The number of ether oxygens (including phenoxy) is 1. The number of nitrogens with zero attached hydrogens (tertiary/aromatic N) is 1. The van der Waals surface area contributed by atoms with Crippen LogP contribution in [0.15, 0.2) is 18.2 Å². The molecule has 0 radical (unpaired) electrons. The van der Waals surface area contributed by atoms with E-state index < -0.39 is 5.97 Å². The Bertz CT molecular complexity index is 487. The van der Waals surface area contributed by atoms with E-state index in [1.165, 1.54) is 20.0 Å². The van der Waals surface area contributed by atoms with Gasteiger partial charge in [0.1, 0.15) is 11.3 Å². The topological polar surface area (TPSA) is 49.8 Å². The third-order valence-corrected chi connectivity index (χ3v) is 4.13. The maximum absolute atomic E-state index is 11.2. The predicted molar refractivity (Wildman–Crippen MR) is 78.2 cm³/mol. The van der Waals surface area contributed by atoms with Crippen molar-refractivity contribution >= 4 is 5.97 Å². The summed E-state index contributed by atoms with van der Waals surface area (Å²) in [5.41, 5.74) is 1.27. The highest BCUT2D eigenvalue weighted by Crippen LogP contribution is 2.25. The minimum atomic E-state index is -0.941. The van der Waals surface area contributed by atoms with Crippen LogP contribution in [0.1, 0.15) is 42.6 Å². The Kier molecular flexibility index (Phi) is 4.65. The standard InChI is InChI=1S/C16H23NO3/c1-11-4-5-12(2)17(9-11)10-13-6-7-15(20-3)14(8-13)16(18)19/h6-8,11-12H,4-5,9-10H2,1-3H3,(H,18,19). The number of aromatic carboxylic acids is 1. The van der Waals surface area contributed by atoms with Crippen molar-refractivity contribution in [3.63, 3.8) is 0 Å². The van der Waals surface area contributed by atoms with Gasteiger partial charge >= 0.3 is 5.97 Å². The van der Waals surface area contributed by atoms with Gasteiger partial charge in [0.25, 0.3) is 0 Å². The van der Waals surface area contributed by atoms with Crippen LogP contribution in [0, 0.1) is 5.92 Å². The van der Waals surface area contributed by atoms with Crippen LogP contribution in [0.25, 0.3) is 0 Å². The first-order valence-corrected chi connectivity index (χ1v) is 7.15. The third kappa shape index (κ3) is 3.31. The molecule has 1 fully saturated rings. The fraction of sp³-hybridized carbons (Fsp3) is 0.562. The first-order valence-electron chi connectivity index (χ1n) is 7.15. The van der Waals surface area contributed by atoms with Gasteiger partial charge in [-0.25, -0.2) is 4.79 Å². The number of carboxylic acids is 1. The molecular weight excluding hydrogens is 254 g/mol. The first kappa shape index (κ1) is 14.9. The highest BCUT2D eigenvalue weighted by atomic mass is 16.5. The van der Waals surface area contributed by atoms with Gasteiger partial charge in [-0.1, -0.05) is 13.0 Å². The van der Waals surface area contributed by atoms with Crippen molar-refractivity contribution < 1.29 is 14.6 Å². The van der Waals surface area contributed by atoms with Crippen LogP contribution in [0.3, 0.4) is 0 Å². The maximum atomic E-state index is 11.2. The van der Waals surface area contributed by atoms with Crippen LogP contribution in [-0.4, -0.2) is 35.7 Å². The zero-order valence-corrected chi connectivity index (χ0v) is 12.4. The van der Waals surface area contributed by atoms with Crippen molar-refractivity contribution in [1.29, 1.82) is 0 Å². The predicted octanol–water partition coefficient (Wildman–Crippen LogP) is 3.01. The number of piperidine rings is 1. The van der Waals surface area contributed by atoms with Gasteiger partial charge in [-0.15, -0.1) is 0 Å². The van der Waals surface area contributed by atoms with Gasteiger partial charge in [0, 0.05) is 19.1 Å². The molecule has 2 unspecified atom stereocenters. The Morgan fingerprint density at radius 3 is 2.80 bits per heavy atom. The Balaban J connectivity index is 2.16. The third-order valence-electron chi connectivity index (χ3n) is 4.13. The van der Waals surface area contributed by atoms with Gasteiger partial charge in [-0.3, -0.25) is 4.90 Å². The summed E-state index contributed by atoms with van der Waals surface area (Å²) in [7, 11) is 1.50. The van der Waals surface area contributed by atoms with Crippen LogP contribution in [0.4, 0.5) is 0 Å². The molecular formula is C16H23NO3. The fourth-order valence-electron chi connectivity index (χ4n) is 2.86. The van der Waals surface area contributed by atoms with E-state index in [0.717, 1.165) is 18.7 Å². The van der Waals surface area contributed by atoms with Crippen LogP contribution in [0.5, 0.6) is 5.75 Å². The minimum Gasteiger partial charge on any atom is -0.496 e. The van der Waals surface area contributed by atoms with E-state index in [1.54, 1.807) is 12.1 Å². The number of carbonyl (C=O) groups is 1. The molecule has 0 aromatic heterocycles. The molecule has 1 heterocycles. The van der Waals surface area contributed by atoms with E-state index >= 15 is 0 Å². The lowest BCUT2D eigenvalue weighted by molar-refractivity contribution is 0.0693. The summed E-state index contributed by atoms with van der Waals surface area (Å²) in [5.74, 6) is 0.188. The summed E-state index contributed by atoms with van der Waals surface area (Å²) >= 11 is 0. The average Bonchev–Trinajstić information content (AvgIpc) is 2.42. The quantitative estimate of drug-likeness (QED) is 0.919. The number of methoxy groups -OCH3 is 1. The fourth-order valence-corrected chi connectivity index (χ4v) is 2.86. The molecule has 20 heavy (non-hydrogen) atoms. The largest absolute Gasteiger partial charge is 0.496 e. The first-order chi connectivity index (χ1) is 9.51. The van der Waals surface area contributed by atoms with E-state index in [1.807, 2.05) is 6.07 Å². The molecule has 1 saturated heterocycles. The highest BCUT2D eigenvalue weighted by molar-refractivity contribution is 5.91. The van der Waals surface area contributed by atoms with Gasteiger partial charge < -0.3 is 9.84 Å². The second kappa shape index (κ2) is 6.27. The summed E-state index contributed by atoms with van der Waals surface area (Å²) < 4.78 is 5.10. The number of hydrogen-bond donors (Lipinski definition) is 1. The Hall–Kier alpha value is -1.55. The molecule has 0 bridgehead atoms. The van der Waals surface area contributed by atoms with Gasteiger partial charge in [0.15, 0.2) is 0 Å². The lowest BCUT2D eigenvalue weighted by Gasteiger charge is -2.36. The van der Waals surface area contributed by atoms with Crippen LogP contribution >= 0.6 is 0 Å². The molecule has 0 amide bonds. The van der Waals surface area contributed by atoms with Crippen molar-refractivity contribution in [2.45, 2.75) is 39.3 Å². The molecule has 2 rings (SSSR count). The normalized spacial score (nSPS) is 23.6. The summed E-state index contributed by atoms with van der Waals surface area (Å²) in [5, 5.41) is 9.23. The number of likely N-dealkylation sites (tertiary alicyclic amines) is 1. The van der Waals surface area contributed by atoms with Gasteiger partial charge in [-0.05, 0) is 43.4 Å². The second-order valence-corrected chi connectivity index (χ2v) is 5.80. The van der Waals surface area contributed by atoms with Crippen molar-refractivity contribution in [2.24, 2.45) is 5.92 Å². The average molecular weight is 277 g/mol. The summed E-state index contributed by atoms with van der Waals surface area (Å²) in [6.07, 6.45) is 2.49. The maximum Gasteiger partial charge on any atom is 0.339 e. The second-order valence-electron chi connectivity index (χ2n) is 5.80. The summed E-state index contributed by atoms with van der Waals surface area (Å²) in [6.45, 7) is 6.40. The molecule has 1 aromatic carbocycles. The number of benzene rings is 1. The van der Waals surface area contributed by atoms with Crippen LogP contribution in [-0.2, 0) is 6.54 Å². The van der Waals surface area contributed by atoms with Crippen LogP contribution in [0.2, 0.25) is 0 Å². The molecule has 2 atom stereocenters. The molecule has 1 aliphatic rings. The van der Waals surface area contributed by atoms with Crippen LogP contribution < -0.4 is 4.74 Å². The van der Waals surface area contributed by atoms with E-state index in [2.05, 4.69) is 18.7 Å². The summed E-state index contributed by atoms with van der Waals surface area (Å²) in [6, 6.07) is 5.99. The van der Waals surface area contributed by atoms with E-state index in [4.69, 9.17) is 4.74 Å². The van der Waals surface area contributed by atoms with Gasteiger partial charge in [0.05, 0.1) is 7.11 Å². The lowest BCUT2D eigenvalue weighted by Crippen LogP contribution is -2.40. The zero-order valence-electron chi connectivity index (χ0n) is 12.4. The van der Waals surface area contributed by atoms with Crippen molar-refractivity contribution in [3.8, 4) is 5.75 Å². The number of hydrogen-bond acceptors (Lipinski definition) is 3. The smallest absolute Gasteiger partial charge is 0.339 e. The van der Waals surface area contributed by atoms with Gasteiger partial charge in [0.2, 0.25) is 0 Å². The zero-order chi connectivity index (χ0) is 14.7. The minimum absolute atomic E-state index is 0.239. The molecule has 4 nitrogen and oxygen atoms in total. The molecule has 0 spiro atoms. The molecule has 0 saturated carbocycles. The monoisotopic (exact) mass is 277 g/mol. The molecule has 0 aliphatic carbocycles.